The Morgan fingerprint density at radius 1 is 1.06 bits per heavy atom. The molecule has 178 valence electrons. The Hall–Kier alpha value is -3.18. The summed E-state index contributed by atoms with van der Waals surface area (Å²) < 4.78 is 56.8. The third-order valence-corrected chi connectivity index (χ3v) is 6.21. The molecule has 1 aliphatic rings. The van der Waals surface area contributed by atoms with E-state index in [0.29, 0.717) is 30.3 Å². The normalized spacial score (nSPS) is 13.9. The van der Waals surface area contributed by atoms with Crippen molar-refractivity contribution in [2.75, 3.05) is 19.8 Å². The Morgan fingerprint density at radius 3 is 2.39 bits per heavy atom. The van der Waals surface area contributed by atoms with Crippen LogP contribution in [0.4, 0.5) is 4.39 Å². The van der Waals surface area contributed by atoms with Crippen molar-refractivity contribution in [3.63, 3.8) is 0 Å². The van der Waals surface area contributed by atoms with Gasteiger partial charge in [0.15, 0.2) is 18.1 Å². The monoisotopic (exact) mass is 480 g/mol. The first kappa shape index (κ1) is 24.5. The van der Waals surface area contributed by atoms with Crippen molar-refractivity contribution >= 4 is 21.9 Å². The maximum Gasteiger partial charge on any atom is 0.324 e. The molecule has 1 heterocycles. The van der Waals surface area contributed by atoms with Gasteiger partial charge in [-0.3, -0.25) is 9.59 Å². The van der Waals surface area contributed by atoms with E-state index in [9.17, 15) is 22.4 Å². The highest BCUT2D eigenvalue weighted by Gasteiger charge is 2.31. The van der Waals surface area contributed by atoms with Gasteiger partial charge in [0.2, 0.25) is 10.0 Å². The molecule has 1 atom stereocenters. The summed E-state index contributed by atoms with van der Waals surface area (Å²) in [4.78, 5) is 24.4. The van der Waals surface area contributed by atoms with E-state index in [1.54, 1.807) is 13.8 Å². The first-order valence-electron chi connectivity index (χ1n) is 10.3. The summed E-state index contributed by atoms with van der Waals surface area (Å²) >= 11 is 0. The lowest BCUT2D eigenvalue weighted by atomic mass is 10.1. The molecule has 2 N–H and O–H groups in total. The standard InChI is InChI=1S/C22H25FN2O7S/c1-14(2)21(22(27)32-13-20(26)24-12-15-3-5-16(23)6-4-15)25-33(28,29)17-7-8-18-19(11-17)31-10-9-30-18/h3-8,11,14,21,25H,9-10,12-13H2,1-2H3,(H,24,26)/t21-/m0/s1. The van der Waals surface area contributed by atoms with Gasteiger partial charge in [0, 0.05) is 12.6 Å². The smallest absolute Gasteiger partial charge is 0.324 e. The molecule has 2 aromatic carbocycles. The fraction of sp³-hybridized carbons (Fsp3) is 0.364. The van der Waals surface area contributed by atoms with Crippen LogP contribution in [0.25, 0.3) is 0 Å². The number of carbonyl (C=O) groups is 2. The number of sulfonamides is 1. The van der Waals surface area contributed by atoms with E-state index in [1.807, 2.05) is 0 Å². The Morgan fingerprint density at radius 2 is 1.73 bits per heavy atom. The van der Waals surface area contributed by atoms with Crippen LogP contribution < -0.4 is 19.5 Å². The minimum Gasteiger partial charge on any atom is -0.486 e. The first-order valence-corrected chi connectivity index (χ1v) is 11.7. The van der Waals surface area contributed by atoms with Crippen LogP contribution in [0.15, 0.2) is 47.4 Å². The molecule has 0 saturated carbocycles. The van der Waals surface area contributed by atoms with E-state index in [-0.39, 0.29) is 11.4 Å². The van der Waals surface area contributed by atoms with Gasteiger partial charge in [-0.15, -0.1) is 0 Å². The maximum absolute atomic E-state index is 12.9. The number of ether oxygens (including phenoxy) is 3. The van der Waals surface area contributed by atoms with Crippen LogP contribution in [-0.2, 0) is 30.9 Å². The molecular formula is C22H25FN2O7S. The molecule has 1 aliphatic heterocycles. The van der Waals surface area contributed by atoms with Gasteiger partial charge in [-0.1, -0.05) is 26.0 Å². The molecule has 33 heavy (non-hydrogen) atoms. The van der Waals surface area contributed by atoms with Crippen LogP contribution >= 0.6 is 0 Å². The molecule has 1 amide bonds. The van der Waals surface area contributed by atoms with Crippen LogP contribution in [0, 0.1) is 11.7 Å². The highest BCUT2D eigenvalue weighted by atomic mass is 32.2. The largest absolute Gasteiger partial charge is 0.486 e. The predicted octanol–water partition coefficient (Wildman–Crippen LogP) is 1.76. The Labute approximate surface area is 191 Å². The second kappa shape index (κ2) is 10.6. The van der Waals surface area contributed by atoms with E-state index >= 15 is 0 Å². The molecule has 2 aromatic rings. The topological polar surface area (TPSA) is 120 Å². The summed E-state index contributed by atoms with van der Waals surface area (Å²) in [6.45, 7) is 3.50. The van der Waals surface area contributed by atoms with E-state index in [1.165, 1.54) is 42.5 Å². The fourth-order valence-electron chi connectivity index (χ4n) is 2.96. The molecule has 0 fully saturated rings. The summed E-state index contributed by atoms with van der Waals surface area (Å²) in [6.07, 6.45) is 0. The van der Waals surface area contributed by atoms with E-state index in [0.717, 1.165) is 0 Å². The summed E-state index contributed by atoms with van der Waals surface area (Å²) in [6, 6.07) is 8.51. The van der Waals surface area contributed by atoms with Crippen molar-refractivity contribution in [3.8, 4) is 11.5 Å². The molecule has 0 bridgehead atoms. The molecule has 0 radical (unpaired) electrons. The number of rotatable bonds is 9. The Kier molecular flexibility index (Phi) is 7.88. The van der Waals surface area contributed by atoms with E-state index in [2.05, 4.69) is 10.0 Å². The van der Waals surface area contributed by atoms with Gasteiger partial charge in [-0.25, -0.2) is 12.8 Å². The average Bonchev–Trinajstić information content (AvgIpc) is 2.80. The van der Waals surface area contributed by atoms with Crippen molar-refractivity contribution in [1.82, 2.24) is 10.0 Å². The van der Waals surface area contributed by atoms with Crippen LogP contribution in [-0.4, -0.2) is 46.2 Å². The minimum absolute atomic E-state index is 0.0951. The summed E-state index contributed by atoms with van der Waals surface area (Å²) in [5, 5.41) is 2.54. The van der Waals surface area contributed by atoms with Gasteiger partial charge in [0.1, 0.15) is 25.1 Å². The molecule has 0 aliphatic carbocycles. The molecule has 11 heteroatoms. The van der Waals surface area contributed by atoms with Crippen molar-refractivity contribution < 1.29 is 36.6 Å². The van der Waals surface area contributed by atoms with Gasteiger partial charge in [-0.05, 0) is 35.7 Å². The first-order chi connectivity index (χ1) is 15.7. The molecule has 3 rings (SSSR count). The van der Waals surface area contributed by atoms with Crippen molar-refractivity contribution in [1.29, 1.82) is 0 Å². The number of nitrogens with one attached hydrogen (secondary N) is 2. The quantitative estimate of drug-likeness (QED) is 0.525. The average molecular weight is 481 g/mol. The van der Waals surface area contributed by atoms with Crippen LogP contribution in [0.2, 0.25) is 0 Å². The zero-order chi connectivity index (χ0) is 24.0. The SMILES string of the molecule is CC(C)[C@H](NS(=O)(=O)c1ccc2c(c1)OCCO2)C(=O)OCC(=O)NCc1ccc(F)cc1. The van der Waals surface area contributed by atoms with Gasteiger partial charge in [0.05, 0.1) is 4.90 Å². The third-order valence-electron chi connectivity index (χ3n) is 4.78. The van der Waals surface area contributed by atoms with Crippen molar-refractivity contribution in [3.05, 3.63) is 53.8 Å². The molecular weight excluding hydrogens is 455 g/mol. The summed E-state index contributed by atoms with van der Waals surface area (Å²) in [5.41, 5.74) is 0.670. The van der Waals surface area contributed by atoms with Crippen LogP contribution in [0.5, 0.6) is 11.5 Å². The second-order valence-electron chi connectivity index (χ2n) is 7.66. The van der Waals surface area contributed by atoms with Crippen LogP contribution in [0.3, 0.4) is 0 Å². The van der Waals surface area contributed by atoms with Crippen LogP contribution in [0.1, 0.15) is 19.4 Å². The minimum atomic E-state index is -4.09. The number of benzene rings is 2. The second-order valence-corrected chi connectivity index (χ2v) is 9.37. The summed E-state index contributed by atoms with van der Waals surface area (Å²) in [7, 11) is -4.09. The zero-order valence-electron chi connectivity index (χ0n) is 18.2. The van der Waals surface area contributed by atoms with E-state index in [4.69, 9.17) is 14.2 Å². The van der Waals surface area contributed by atoms with Crippen molar-refractivity contribution in [2.45, 2.75) is 31.3 Å². The van der Waals surface area contributed by atoms with Gasteiger partial charge in [-0.2, -0.15) is 4.72 Å². The Balaban J connectivity index is 1.58. The lowest BCUT2D eigenvalue weighted by Crippen LogP contribution is -2.46. The number of amides is 1. The molecule has 0 spiro atoms. The summed E-state index contributed by atoms with van der Waals surface area (Å²) in [5.74, 6) is -1.57. The third kappa shape index (κ3) is 6.65. The molecule has 0 aromatic heterocycles. The number of esters is 1. The maximum atomic E-state index is 12.9. The lowest BCUT2D eigenvalue weighted by Gasteiger charge is -2.22. The predicted molar refractivity (Wildman–Crippen MR) is 116 cm³/mol. The lowest BCUT2D eigenvalue weighted by molar-refractivity contribution is -0.151. The molecule has 9 nitrogen and oxygen atoms in total. The zero-order valence-corrected chi connectivity index (χ0v) is 19.0. The van der Waals surface area contributed by atoms with Gasteiger partial charge >= 0.3 is 5.97 Å². The number of carbonyl (C=O) groups excluding carboxylic acids is 2. The molecule has 0 unspecified atom stereocenters. The fourth-order valence-corrected chi connectivity index (χ4v) is 4.31. The number of hydrogen-bond donors (Lipinski definition) is 2. The number of halogens is 1. The van der Waals surface area contributed by atoms with E-state index < -0.39 is 46.3 Å². The number of hydrogen-bond acceptors (Lipinski definition) is 7. The van der Waals surface area contributed by atoms with Crippen molar-refractivity contribution in [2.24, 2.45) is 5.92 Å². The highest BCUT2D eigenvalue weighted by Crippen LogP contribution is 2.32. The highest BCUT2D eigenvalue weighted by molar-refractivity contribution is 7.89. The van der Waals surface area contributed by atoms with Gasteiger partial charge in [0.25, 0.3) is 5.91 Å². The number of fused-ring (bicyclic) bond motifs is 1. The van der Waals surface area contributed by atoms with Gasteiger partial charge < -0.3 is 19.5 Å². The Bertz CT molecular complexity index is 1100. The molecule has 0 saturated heterocycles.